The standard InChI is InChI=1S/C15H23Cl2N3O3/c1-15(2,3)20-9-10(8-11(20)21)13(22)18-4-6-19(7-5-18)14(23)12(16)17/h10,12H,4-9H2,1-3H3. The lowest BCUT2D eigenvalue weighted by Crippen LogP contribution is -2.53. The molecule has 0 bridgehead atoms. The van der Waals surface area contributed by atoms with Gasteiger partial charge in [0.1, 0.15) is 0 Å². The highest BCUT2D eigenvalue weighted by Crippen LogP contribution is 2.27. The van der Waals surface area contributed by atoms with Crippen molar-refractivity contribution in [3.8, 4) is 0 Å². The molecule has 0 aliphatic carbocycles. The summed E-state index contributed by atoms with van der Waals surface area (Å²) >= 11 is 11.2. The number of nitrogens with zero attached hydrogens (tertiary/aromatic N) is 3. The first-order valence-electron chi connectivity index (χ1n) is 7.77. The van der Waals surface area contributed by atoms with Crippen LogP contribution < -0.4 is 0 Å². The highest BCUT2D eigenvalue weighted by Gasteiger charge is 2.41. The van der Waals surface area contributed by atoms with Crippen LogP contribution in [0, 0.1) is 5.92 Å². The highest BCUT2D eigenvalue weighted by atomic mass is 35.5. The lowest BCUT2D eigenvalue weighted by Gasteiger charge is -2.36. The van der Waals surface area contributed by atoms with E-state index in [1.54, 1.807) is 14.7 Å². The zero-order valence-corrected chi connectivity index (χ0v) is 15.2. The zero-order chi connectivity index (χ0) is 17.4. The summed E-state index contributed by atoms with van der Waals surface area (Å²) in [5, 5.41) is 0. The molecule has 0 N–H and O–H groups in total. The molecule has 3 amide bonds. The van der Waals surface area contributed by atoms with Crippen molar-refractivity contribution in [3.05, 3.63) is 0 Å². The van der Waals surface area contributed by atoms with Crippen LogP contribution in [0.4, 0.5) is 0 Å². The quantitative estimate of drug-likeness (QED) is 0.690. The van der Waals surface area contributed by atoms with Crippen molar-refractivity contribution >= 4 is 40.9 Å². The molecule has 0 saturated carbocycles. The largest absolute Gasteiger partial charge is 0.339 e. The van der Waals surface area contributed by atoms with E-state index in [0.29, 0.717) is 32.7 Å². The van der Waals surface area contributed by atoms with Gasteiger partial charge in [0.15, 0.2) is 4.84 Å². The third kappa shape index (κ3) is 4.10. The smallest absolute Gasteiger partial charge is 0.255 e. The third-order valence-electron chi connectivity index (χ3n) is 4.37. The molecule has 2 fully saturated rings. The number of halogens is 2. The number of likely N-dealkylation sites (tertiary alicyclic amines) is 1. The van der Waals surface area contributed by atoms with Crippen LogP contribution in [0.5, 0.6) is 0 Å². The fourth-order valence-electron chi connectivity index (χ4n) is 3.06. The number of piperazine rings is 1. The predicted octanol–water partition coefficient (Wildman–Crippen LogP) is 1.11. The molecule has 2 aliphatic rings. The monoisotopic (exact) mass is 363 g/mol. The van der Waals surface area contributed by atoms with Crippen LogP contribution >= 0.6 is 23.2 Å². The summed E-state index contributed by atoms with van der Waals surface area (Å²) < 4.78 is 0. The minimum absolute atomic E-state index is 0.00880. The molecule has 2 heterocycles. The molecule has 0 aromatic rings. The summed E-state index contributed by atoms with van der Waals surface area (Å²) in [4.78, 5) is 40.5. The van der Waals surface area contributed by atoms with Crippen molar-refractivity contribution in [2.24, 2.45) is 5.92 Å². The molecule has 8 heteroatoms. The zero-order valence-electron chi connectivity index (χ0n) is 13.7. The predicted molar refractivity (Wildman–Crippen MR) is 88.2 cm³/mol. The van der Waals surface area contributed by atoms with Gasteiger partial charge in [-0.3, -0.25) is 14.4 Å². The Morgan fingerprint density at radius 1 is 1.09 bits per heavy atom. The van der Waals surface area contributed by atoms with E-state index in [1.807, 2.05) is 20.8 Å². The van der Waals surface area contributed by atoms with E-state index in [1.165, 1.54) is 0 Å². The second-order valence-electron chi connectivity index (χ2n) is 7.03. The SMILES string of the molecule is CC(C)(C)N1CC(C(=O)N2CCN(C(=O)C(Cl)Cl)CC2)CC1=O. The maximum Gasteiger partial charge on any atom is 0.255 e. The van der Waals surface area contributed by atoms with E-state index in [9.17, 15) is 14.4 Å². The van der Waals surface area contributed by atoms with Gasteiger partial charge in [0.05, 0.1) is 5.92 Å². The summed E-state index contributed by atoms with van der Waals surface area (Å²) in [6.45, 7) is 8.11. The van der Waals surface area contributed by atoms with Crippen LogP contribution in [0.3, 0.4) is 0 Å². The van der Waals surface area contributed by atoms with Crippen molar-refractivity contribution in [2.45, 2.75) is 37.6 Å². The van der Waals surface area contributed by atoms with Crippen LogP contribution in [-0.2, 0) is 14.4 Å². The maximum atomic E-state index is 12.6. The second kappa shape index (κ2) is 6.85. The molecular weight excluding hydrogens is 341 g/mol. The third-order valence-corrected chi connectivity index (χ3v) is 4.75. The van der Waals surface area contributed by atoms with Gasteiger partial charge in [-0.05, 0) is 20.8 Å². The molecule has 2 aliphatic heterocycles. The van der Waals surface area contributed by atoms with E-state index < -0.39 is 4.84 Å². The Morgan fingerprint density at radius 3 is 2.04 bits per heavy atom. The van der Waals surface area contributed by atoms with Gasteiger partial charge < -0.3 is 14.7 Å². The summed E-state index contributed by atoms with van der Waals surface area (Å²) in [7, 11) is 0. The second-order valence-corrected chi connectivity index (χ2v) is 8.12. The van der Waals surface area contributed by atoms with Gasteiger partial charge in [0.2, 0.25) is 11.8 Å². The topological polar surface area (TPSA) is 60.9 Å². The number of amides is 3. The average Bonchev–Trinajstić information content (AvgIpc) is 2.88. The maximum absolute atomic E-state index is 12.6. The lowest BCUT2D eigenvalue weighted by atomic mass is 10.1. The summed E-state index contributed by atoms with van der Waals surface area (Å²) in [5.41, 5.74) is -0.271. The summed E-state index contributed by atoms with van der Waals surface area (Å²) in [5.74, 6) is -0.601. The summed E-state index contributed by atoms with van der Waals surface area (Å²) in [6, 6.07) is 0. The van der Waals surface area contributed by atoms with Gasteiger partial charge in [-0.15, -0.1) is 0 Å². The van der Waals surface area contributed by atoms with Gasteiger partial charge in [0, 0.05) is 44.7 Å². The molecule has 0 spiro atoms. The van der Waals surface area contributed by atoms with Crippen molar-refractivity contribution in [3.63, 3.8) is 0 Å². The molecule has 1 atom stereocenters. The van der Waals surface area contributed by atoms with Crippen LogP contribution in [-0.4, -0.2) is 75.5 Å². The van der Waals surface area contributed by atoms with E-state index in [0.717, 1.165) is 0 Å². The Bertz CT molecular complexity index is 497. The fraction of sp³-hybridized carbons (Fsp3) is 0.800. The average molecular weight is 364 g/mol. The molecule has 1 unspecified atom stereocenters. The Labute approximate surface area is 146 Å². The van der Waals surface area contributed by atoms with Crippen LogP contribution in [0.25, 0.3) is 0 Å². The van der Waals surface area contributed by atoms with Crippen LogP contribution in [0.1, 0.15) is 27.2 Å². The minimum atomic E-state index is -1.06. The first-order valence-corrected chi connectivity index (χ1v) is 8.64. The van der Waals surface area contributed by atoms with Crippen molar-refractivity contribution in [1.29, 1.82) is 0 Å². The molecule has 2 rings (SSSR count). The number of alkyl halides is 2. The van der Waals surface area contributed by atoms with Crippen LogP contribution in [0.2, 0.25) is 0 Å². The van der Waals surface area contributed by atoms with E-state index in [2.05, 4.69) is 0 Å². The van der Waals surface area contributed by atoms with Crippen molar-refractivity contribution in [2.75, 3.05) is 32.7 Å². The minimum Gasteiger partial charge on any atom is -0.339 e. The van der Waals surface area contributed by atoms with E-state index in [-0.39, 0.29) is 35.6 Å². The van der Waals surface area contributed by atoms with Gasteiger partial charge in [-0.25, -0.2) is 0 Å². The van der Waals surface area contributed by atoms with Crippen molar-refractivity contribution in [1.82, 2.24) is 14.7 Å². The molecule has 0 radical (unpaired) electrons. The van der Waals surface area contributed by atoms with Gasteiger partial charge in [-0.2, -0.15) is 0 Å². The first-order chi connectivity index (χ1) is 10.6. The van der Waals surface area contributed by atoms with E-state index >= 15 is 0 Å². The van der Waals surface area contributed by atoms with E-state index in [4.69, 9.17) is 23.2 Å². The van der Waals surface area contributed by atoms with Gasteiger partial charge in [-0.1, -0.05) is 23.2 Å². The number of rotatable bonds is 2. The number of hydrogen-bond donors (Lipinski definition) is 0. The Hall–Kier alpha value is -1.01. The molecular formula is C15H23Cl2N3O3. The van der Waals surface area contributed by atoms with Crippen LogP contribution in [0.15, 0.2) is 0 Å². The lowest BCUT2D eigenvalue weighted by molar-refractivity contribution is -0.141. The summed E-state index contributed by atoms with van der Waals surface area (Å²) in [6.07, 6.45) is 0.265. The Morgan fingerprint density at radius 2 is 1.61 bits per heavy atom. The molecule has 130 valence electrons. The van der Waals surface area contributed by atoms with Gasteiger partial charge >= 0.3 is 0 Å². The molecule has 6 nitrogen and oxygen atoms in total. The fourth-order valence-corrected chi connectivity index (χ4v) is 3.34. The van der Waals surface area contributed by atoms with Gasteiger partial charge in [0.25, 0.3) is 5.91 Å². The van der Waals surface area contributed by atoms with Crippen molar-refractivity contribution < 1.29 is 14.4 Å². The highest BCUT2D eigenvalue weighted by molar-refractivity contribution is 6.53. The number of carbonyl (C=O) groups excluding carboxylic acids is 3. The number of carbonyl (C=O) groups is 3. The number of hydrogen-bond acceptors (Lipinski definition) is 3. The Kier molecular flexibility index (Phi) is 5.46. The molecule has 2 saturated heterocycles. The Balaban J connectivity index is 1.91. The molecule has 0 aromatic carbocycles. The molecule has 23 heavy (non-hydrogen) atoms. The first kappa shape index (κ1) is 18.3. The molecule has 0 aromatic heterocycles. The normalized spacial score (nSPS) is 23.0.